The minimum Gasteiger partial charge on any atom is -0.394 e. The minimum atomic E-state index is -1.79. The fourth-order valence-corrected chi connectivity index (χ4v) is 8.91. The number of rotatable bonds is 45. The number of aliphatic hydroxyl groups is 8. The molecule has 2 saturated heterocycles. The third-order valence-corrected chi connectivity index (χ3v) is 13.7. The maximum Gasteiger partial charge on any atom is 0.220 e. The van der Waals surface area contributed by atoms with E-state index < -0.39 is 86.8 Å². The van der Waals surface area contributed by atoms with E-state index in [1.165, 1.54) is 12.8 Å². The van der Waals surface area contributed by atoms with Crippen LogP contribution in [-0.2, 0) is 23.7 Å². The van der Waals surface area contributed by atoms with Crippen LogP contribution in [0.3, 0.4) is 0 Å². The van der Waals surface area contributed by atoms with Gasteiger partial charge in [0.25, 0.3) is 0 Å². The number of carbonyl (C=O) groups excluding carboxylic acids is 1. The molecule has 1 amide bonds. The smallest absolute Gasteiger partial charge is 0.220 e. The average molecular weight is 1100 g/mol. The van der Waals surface area contributed by atoms with Crippen LogP contribution in [0.1, 0.15) is 181 Å². The van der Waals surface area contributed by atoms with Crippen molar-refractivity contribution in [1.82, 2.24) is 5.32 Å². The van der Waals surface area contributed by atoms with Crippen molar-refractivity contribution in [2.24, 2.45) is 0 Å². The summed E-state index contributed by atoms with van der Waals surface area (Å²) in [5, 5.41) is 86.8. The van der Waals surface area contributed by atoms with Gasteiger partial charge in [-0.1, -0.05) is 206 Å². The maximum absolute atomic E-state index is 13.2. The largest absolute Gasteiger partial charge is 0.394 e. The van der Waals surface area contributed by atoms with Gasteiger partial charge in [0.2, 0.25) is 5.91 Å². The van der Waals surface area contributed by atoms with Crippen LogP contribution >= 0.6 is 0 Å². The molecule has 444 valence electrons. The summed E-state index contributed by atoms with van der Waals surface area (Å²) in [6, 6.07) is -0.842. The monoisotopic (exact) mass is 1100 g/mol. The van der Waals surface area contributed by atoms with Crippen molar-refractivity contribution in [3.05, 3.63) is 122 Å². The zero-order valence-electron chi connectivity index (χ0n) is 47.6. The lowest BCUT2D eigenvalue weighted by Gasteiger charge is -2.46. The lowest BCUT2D eigenvalue weighted by molar-refractivity contribution is -0.359. The highest BCUT2D eigenvalue weighted by Gasteiger charge is 2.51. The topological polar surface area (TPSA) is 228 Å². The third-order valence-electron chi connectivity index (χ3n) is 13.7. The molecular weight excluding hydrogens is 991 g/mol. The van der Waals surface area contributed by atoms with E-state index >= 15 is 0 Å². The number of unbranched alkanes of at least 4 members (excludes halogenated alkanes) is 12. The third kappa shape index (κ3) is 33.2. The number of carbonyl (C=O) groups is 1. The molecule has 0 saturated carbocycles. The van der Waals surface area contributed by atoms with Crippen molar-refractivity contribution >= 4 is 5.91 Å². The first-order valence-electron chi connectivity index (χ1n) is 29.8. The number of hydrogen-bond acceptors (Lipinski definition) is 13. The molecule has 0 aliphatic carbocycles. The Morgan fingerprint density at radius 3 is 1.36 bits per heavy atom. The number of allylic oxidation sites excluding steroid dienone is 20. The Morgan fingerprint density at radius 2 is 0.885 bits per heavy atom. The van der Waals surface area contributed by atoms with E-state index in [2.05, 4.69) is 141 Å². The number of aliphatic hydroxyl groups excluding tert-OH is 8. The van der Waals surface area contributed by atoms with Crippen molar-refractivity contribution in [3.63, 3.8) is 0 Å². The van der Waals surface area contributed by atoms with Gasteiger partial charge < -0.3 is 65.1 Å². The standard InChI is InChI=1S/C64H105NO13/c1-3-5-7-9-11-12-13-14-15-16-17-18-19-20-21-22-23-24-25-26-27-28-29-30-31-32-33-34-35-36-37-38-39-40-42-44-46-48-56(69)65-52(53(68)47-45-43-41-10-8-6-4-2)51-75-63-61(74)59(72)62(55(50-67)77-63)78-64-60(73)58(71)57(70)54(49-66)76-64/h5,7,11-12,14-15,17-18,20-21,23-24,26-27,29-30,32-33,35-36,52-55,57-64,66-68,70-74H,3-4,6,8-10,13,16,19,22,25,28,31,34,37-51H2,1-2H3,(H,65,69)/b7-5-,12-11-,15-14-,18-17-,21-20-,24-23-,27-26-,30-29-,33-32-,36-35-. The second-order valence-electron chi connectivity index (χ2n) is 20.4. The van der Waals surface area contributed by atoms with Gasteiger partial charge in [0, 0.05) is 6.42 Å². The Bertz CT molecular complexity index is 1770. The van der Waals surface area contributed by atoms with Crippen molar-refractivity contribution in [3.8, 4) is 0 Å². The van der Waals surface area contributed by atoms with E-state index in [1.54, 1.807) is 0 Å². The summed E-state index contributed by atoms with van der Waals surface area (Å²) in [4.78, 5) is 13.2. The Hall–Kier alpha value is -3.61. The first kappa shape index (κ1) is 70.5. The maximum atomic E-state index is 13.2. The summed E-state index contributed by atoms with van der Waals surface area (Å²) in [6.07, 6.45) is 52.5. The van der Waals surface area contributed by atoms with Crippen LogP contribution in [0.25, 0.3) is 0 Å². The summed E-state index contributed by atoms with van der Waals surface area (Å²) < 4.78 is 22.7. The van der Waals surface area contributed by atoms with Crippen molar-refractivity contribution in [2.45, 2.75) is 254 Å². The average Bonchev–Trinajstić information content (AvgIpc) is 3.47. The fraction of sp³-hybridized carbons (Fsp3) is 0.672. The number of hydrogen-bond donors (Lipinski definition) is 9. The summed E-state index contributed by atoms with van der Waals surface area (Å²) >= 11 is 0. The second-order valence-corrected chi connectivity index (χ2v) is 20.4. The molecule has 2 fully saturated rings. The Kier molecular flexibility index (Phi) is 43.5. The molecular formula is C64H105NO13. The van der Waals surface area contributed by atoms with E-state index in [-0.39, 0.29) is 18.9 Å². The lowest BCUT2D eigenvalue weighted by Crippen LogP contribution is -2.65. The highest BCUT2D eigenvalue weighted by Crippen LogP contribution is 2.30. The first-order valence-corrected chi connectivity index (χ1v) is 29.8. The molecule has 0 aromatic heterocycles. The molecule has 14 nitrogen and oxygen atoms in total. The van der Waals surface area contributed by atoms with Gasteiger partial charge in [0.15, 0.2) is 12.6 Å². The molecule has 14 heteroatoms. The Labute approximate surface area is 469 Å². The molecule has 0 spiro atoms. The first-order chi connectivity index (χ1) is 38.1. The zero-order chi connectivity index (χ0) is 56.7. The fourth-order valence-electron chi connectivity index (χ4n) is 8.91. The summed E-state index contributed by atoms with van der Waals surface area (Å²) in [7, 11) is 0. The van der Waals surface area contributed by atoms with E-state index in [0.29, 0.717) is 12.8 Å². The van der Waals surface area contributed by atoms with E-state index in [0.717, 1.165) is 135 Å². The molecule has 0 bridgehead atoms. The van der Waals surface area contributed by atoms with E-state index in [4.69, 9.17) is 18.9 Å². The molecule has 2 aliphatic heterocycles. The quantitative estimate of drug-likeness (QED) is 0.0205. The molecule has 12 unspecified atom stereocenters. The molecule has 2 rings (SSSR count). The SMILES string of the molecule is CC/C=C\C/C=C\C/C=C\C/C=C\C/C=C\C/C=C\C/C=C\C/C=C\C/C=C\C/C=C\CCCCCCCCC(=O)NC(COC1OC(CO)C(OC2OC(CO)C(O)C(O)C2O)C(O)C1O)C(O)CCCCCCCCC. The molecule has 2 aliphatic rings. The minimum absolute atomic E-state index is 0.232. The van der Waals surface area contributed by atoms with Crippen molar-refractivity contribution in [2.75, 3.05) is 19.8 Å². The number of nitrogens with one attached hydrogen (secondary N) is 1. The molecule has 0 aromatic rings. The molecule has 0 radical (unpaired) electrons. The van der Waals surface area contributed by atoms with Gasteiger partial charge in [-0.25, -0.2) is 0 Å². The van der Waals surface area contributed by atoms with Crippen molar-refractivity contribution < 1.29 is 64.6 Å². The lowest BCUT2D eigenvalue weighted by atomic mass is 9.97. The predicted octanol–water partition coefficient (Wildman–Crippen LogP) is 10.2. The number of amides is 1. The van der Waals surface area contributed by atoms with Crippen molar-refractivity contribution in [1.29, 1.82) is 0 Å². The van der Waals surface area contributed by atoms with Crippen LogP contribution in [-0.4, -0.2) is 140 Å². The van der Waals surface area contributed by atoms with Gasteiger partial charge in [-0.15, -0.1) is 0 Å². The second kappa shape index (κ2) is 48.1. The highest BCUT2D eigenvalue weighted by molar-refractivity contribution is 5.76. The summed E-state index contributed by atoms with van der Waals surface area (Å²) in [5.41, 5.74) is 0. The van der Waals surface area contributed by atoms with Gasteiger partial charge >= 0.3 is 0 Å². The van der Waals surface area contributed by atoms with Gasteiger partial charge in [-0.05, 0) is 89.9 Å². The van der Waals surface area contributed by atoms with Gasteiger partial charge in [0.1, 0.15) is 48.8 Å². The van der Waals surface area contributed by atoms with Gasteiger partial charge in [-0.2, -0.15) is 0 Å². The predicted molar refractivity (Wildman–Crippen MR) is 313 cm³/mol. The van der Waals surface area contributed by atoms with Gasteiger partial charge in [0.05, 0.1) is 32.0 Å². The molecule has 78 heavy (non-hydrogen) atoms. The molecule has 12 atom stereocenters. The molecule has 9 N–H and O–H groups in total. The normalized spacial score (nSPS) is 25.5. The van der Waals surface area contributed by atoms with Crippen LogP contribution in [0, 0.1) is 0 Å². The zero-order valence-corrected chi connectivity index (χ0v) is 47.6. The van der Waals surface area contributed by atoms with E-state index in [1.807, 2.05) is 0 Å². The van der Waals surface area contributed by atoms with Crippen LogP contribution < -0.4 is 5.32 Å². The van der Waals surface area contributed by atoms with Gasteiger partial charge in [-0.3, -0.25) is 4.79 Å². The molecule has 0 aromatic carbocycles. The van der Waals surface area contributed by atoms with Crippen LogP contribution in [0.15, 0.2) is 122 Å². The van der Waals surface area contributed by atoms with Crippen LogP contribution in [0.5, 0.6) is 0 Å². The Morgan fingerprint density at radius 1 is 0.474 bits per heavy atom. The number of ether oxygens (including phenoxy) is 4. The molecule has 2 heterocycles. The Balaban J connectivity index is 1.61. The van der Waals surface area contributed by atoms with Crippen LogP contribution in [0.2, 0.25) is 0 Å². The summed E-state index contributed by atoms with van der Waals surface area (Å²) in [5.74, 6) is -0.232. The summed E-state index contributed by atoms with van der Waals surface area (Å²) in [6.45, 7) is 2.64. The van der Waals surface area contributed by atoms with E-state index in [9.17, 15) is 45.6 Å². The highest BCUT2D eigenvalue weighted by atomic mass is 16.7. The van der Waals surface area contributed by atoms with Crippen LogP contribution in [0.4, 0.5) is 0 Å².